The molecule has 0 atom stereocenters. The Morgan fingerprint density at radius 3 is 2.62 bits per heavy atom. The molecule has 5 rings (SSSR count). The van der Waals surface area contributed by atoms with Crippen LogP contribution in [0.1, 0.15) is 11.1 Å². The van der Waals surface area contributed by atoms with Gasteiger partial charge in [-0.3, -0.25) is 4.98 Å². The lowest BCUT2D eigenvalue weighted by Gasteiger charge is -2.12. The Balaban J connectivity index is 1.94. The van der Waals surface area contributed by atoms with Crippen LogP contribution in [0.5, 0.6) is 0 Å². The number of nitrogens with zero attached hydrogens (tertiary/aromatic N) is 2. The molecule has 0 fully saturated rings. The summed E-state index contributed by atoms with van der Waals surface area (Å²) in [6.45, 7) is 0. The van der Waals surface area contributed by atoms with E-state index in [1.165, 1.54) is 27.6 Å². The van der Waals surface area contributed by atoms with Crippen LogP contribution in [-0.4, -0.2) is 9.97 Å². The summed E-state index contributed by atoms with van der Waals surface area (Å²) in [5.74, 6) is 0. The van der Waals surface area contributed by atoms with Crippen molar-refractivity contribution in [3.8, 4) is 22.5 Å². The summed E-state index contributed by atoms with van der Waals surface area (Å²) in [6, 6.07) is 20.9. The monoisotopic (exact) mass is 372 g/mol. The van der Waals surface area contributed by atoms with Crippen LogP contribution in [0, 0.1) is 0 Å². The van der Waals surface area contributed by atoms with Crippen LogP contribution >= 0.6 is 15.9 Å². The van der Waals surface area contributed by atoms with Gasteiger partial charge in [0.25, 0.3) is 0 Å². The third-order valence-corrected chi connectivity index (χ3v) is 5.27. The predicted molar refractivity (Wildman–Crippen MR) is 101 cm³/mol. The first-order valence-electron chi connectivity index (χ1n) is 7.94. The Bertz CT molecular complexity index is 1090. The van der Waals surface area contributed by atoms with E-state index in [-0.39, 0.29) is 0 Å². The lowest BCUT2D eigenvalue weighted by atomic mass is 9.98. The van der Waals surface area contributed by atoms with Crippen molar-refractivity contribution >= 4 is 26.8 Å². The zero-order chi connectivity index (χ0) is 16.1. The molecule has 1 aliphatic carbocycles. The number of aromatic nitrogens is 2. The zero-order valence-electron chi connectivity index (χ0n) is 12.8. The molecule has 2 nitrogen and oxygen atoms in total. The van der Waals surface area contributed by atoms with E-state index in [1.54, 1.807) is 0 Å². The van der Waals surface area contributed by atoms with Crippen molar-refractivity contribution in [1.29, 1.82) is 0 Å². The highest BCUT2D eigenvalue weighted by atomic mass is 79.9. The number of halogens is 1. The fraction of sp³-hybridized carbons (Fsp3) is 0.0476. The van der Waals surface area contributed by atoms with Crippen molar-refractivity contribution in [1.82, 2.24) is 9.97 Å². The summed E-state index contributed by atoms with van der Waals surface area (Å²) < 4.78 is 1.02. The van der Waals surface area contributed by atoms with Gasteiger partial charge in [0.2, 0.25) is 0 Å². The molecule has 24 heavy (non-hydrogen) atoms. The Morgan fingerprint density at radius 2 is 1.75 bits per heavy atom. The van der Waals surface area contributed by atoms with Gasteiger partial charge in [0, 0.05) is 22.5 Å². The number of fused-ring (bicyclic) bond motifs is 5. The summed E-state index contributed by atoms with van der Waals surface area (Å²) in [4.78, 5) is 9.54. The molecule has 2 heterocycles. The summed E-state index contributed by atoms with van der Waals surface area (Å²) in [5, 5.41) is 1.20. The van der Waals surface area contributed by atoms with Gasteiger partial charge in [-0.1, -0.05) is 42.5 Å². The van der Waals surface area contributed by atoms with Gasteiger partial charge in [-0.25, -0.2) is 4.98 Å². The summed E-state index contributed by atoms with van der Waals surface area (Å²) >= 11 is 3.67. The van der Waals surface area contributed by atoms with E-state index in [0.717, 1.165) is 27.8 Å². The molecule has 0 amide bonds. The summed E-state index contributed by atoms with van der Waals surface area (Å²) in [7, 11) is 0. The molecule has 0 spiro atoms. The van der Waals surface area contributed by atoms with E-state index in [1.807, 2.05) is 30.5 Å². The largest absolute Gasteiger partial charge is 0.255 e. The third-order valence-electron chi connectivity index (χ3n) is 4.63. The minimum absolute atomic E-state index is 0.910. The normalized spacial score (nSPS) is 12.2. The fourth-order valence-electron chi connectivity index (χ4n) is 3.59. The van der Waals surface area contributed by atoms with Gasteiger partial charge in [-0.05, 0) is 56.4 Å². The smallest absolute Gasteiger partial charge is 0.0935 e. The average molecular weight is 373 g/mol. The van der Waals surface area contributed by atoms with Gasteiger partial charge in [0.15, 0.2) is 0 Å². The number of rotatable bonds is 1. The molecule has 114 valence electrons. The molecule has 0 aliphatic heterocycles. The highest BCUT2D eigenvalue weighted by Crippen LogP contribution is 2.45. The summed E-state index contributed by atoms with van der Waals surface area (Å²) in [5.41, 5.74) is 8.17. The molecule has 1 aliphatic rings. The topological polar surface area (TPSA) is 25.8 Å². The van der Waals surface area contributed by atoms with E-state index in [9.17, 15) is 0 Å². The fourth-order valence-corrected chi connectivity index (χ4v) is 4.05. The molecule has 4 aromatic rings. The maximum atomic E-state index is 4.99. The molecule has 0 bridgehead atoms. The van der Waals surface area contributed by atoms with Crippen LogP contribution < -0.4 is 0 Å². The van der Waals surface area contributed by atoms with E-state index < -0.39 is 0 Å². The van der Waals surface area contributed by atoms with E-state index in [0.29, 0.717) is 0 Å². The predicted octanol–water partition coefficient (Wildman–Crippen LogP) is 5.63. The van der Waals surface area contributed by atoms with Gasteiger partial charge in [0.05, 0.1) is 16.9 Å². The van der Waals surface area contributed by atoms with Gasteiger partial charge < -0.3 is 0 Å². The van der Waals surface area contributed by atoms with Gasteiger partial charge in [-0.15, -0.1) is 0 Å². The number of pyridine rings is 2. The Morgan fingerprint density at radius 1 is 0.875 bits per heavy atom. The van der Waals surface area contributed by atoms with Crippen molar-refractivity contribution in [2.45, 2.75) is 6.42 Å². The van der Waals surface area contributed by atoms with Gasteiger partial charge in [0.1, 0.15) is 0 Å². The molecule has 0 unspecified atom stereocenters. The van der Waals surface area contributed by atoms with E-state index in [4.69, 9.17) is 4.98 Å². The highest BCUT2D eigenvalue weighted by molar-refractivity contribution is 9.10. The van der Waals surface area contributed by atoms with Crippen LogP contribution in [0.25, 0.3) is 33.4 Å². The van der Waals surface area contributed by atoms with Crippen LogP contribution in [0.4, 0.5) is 0 Å². The first-order chi connectivity index (χ1) is 11.8. The molecule has 3 heteroatoms. The summed E-state index contributed by atoms with van der Waals surface area (Å²) in [6.07, 6.45) is 2.74. The molecule has 0 N–H and O–H groups in total. The molecule has 0 saturated heterocycles. The standard InChI is InChI=1S/C21H13BrN2/c22-17-9-5-8-15-19-14-7-2-1-6-13(14)12-16(19)21(24-20(15)17)18-10-3-4-11-23-18/h1-11H,12H2. The number of hydrogen-bond acceptors (Lipinski definition) is 2. The van der Waals surface area contributed by atoms with Crippen molar-refractivity contribution in [2.24, 2.45) is 0 Å². The van der Waals surface area contributed by atoms with Crippen molar-refractivity contribution in [3.05, 3.63) is 82.5 Å². The second kappa shape index (κ2) is 5.25. The molecule has 2 aromatic heterocycles. The zero-order valence-corrected chi connectivity index (χ0v) is 14.4. The second-order valence-electron chi connectivity index (χ2n) is 6.00. The first kappa shape index (κ1) is 13.9. The van der Waals surface area contributed by atoms with E-state index in [2.05, 4.69) is 57.3 Å². The molecule has 2 aromatic carbocycles. The maximum absolute atomic E-state index is 4.99. The molecular formula is C21H13BrN2. The molecule has 0 radical (unpaired) electrons. The first-order valence-corrected chi connectivity index (χ1v) is 8.73. The molecular weight excluding hydrogens is 360 g/mol. The van der Waals surface area contributed by atoms with Gasteiger partial charge >= 0.3 is 0 Å². The van der Waals surface area contributed by atoms with Crippen molar-refractivity contribution in [2.75, 3.05) is 0 Å². The quantitative estimate of drug-likeness (QED) is 0.381. The maximum Gasteiger partial charge on any atom is 0.0935 e. The lowest BCUT2D eigenvalue weighted by Crippen LogP contribution is -1.96. The Hall–Kier alpha value is -2.52. The average Bonchev–Trinajstić information content (AvgIpc) is 3.02. The van der Waals surface area contributed by atoms with Crippen molar-refractivity contribution < 1.29 is 0 Å². The third kappa shape index (κ3) is 1.95. The van der Waals surface area contributed by atoms with Crippen molar-refractivity contribution in [3.63, 3.8) is 0 Å². The van der Waals surface area contributed by atoms with E-state index >= 15 is 0 Å². The number of para-hydroxylation sites is 1. The molecule has 0 saturated carbocycles. The second-order valence-corrected chi connectivity index (χ2v) is 6.85. The SMILES string of the molecule is Brc1cccc2c3c(c(-c4ccccn4)nc12)Cc1ccccc1-3. The minimum Gasteiger partial charge on any atom is -0.255 e. The van der Waals surface area contributed by atoms with Crippen LogP contribution in [0.2, 0.25) is 0 Å². The minimum atomic E-state index is 0.910. The highest BCUT2D eigenvalue weighted by Gasteiger charge is 2.26. The number of hydrogen-bond donors (Lipinski definition) is 0. The Labute approximate surface area is 148 Å². The van der Waals surface area contributed by atoms with Gasteiger partial charge in [-0.2, -0.15) is 0 Å². The van der Waals surface area contributed by atoms with Crippen LogP contribution in [-0.2, 0) is 6.42 Å². The van der Waals surface area contributed by atoms with Crippen LogP contribution in [0.15, 0.2) is 71.3 Å². The van der Waals surface area contributed by atoms with Crippen LogP contribution in [0.3, 0.4) is 0 Å². The Kier molecular flexibility index (Phi) is 3.03. The number of benzene rings is 2. The lowest BCUT2D eigenvalue weighted by molar-refractivity contribution is 1.19.